The lowest BCUT2D eigenvalue weighted by molar-refractivity contribution is 0.138. The molecule has 2 aromatic rings. The van der Waals surface area contributed by atoms with Crippen LogP contribution in [0, 0.1) is 5.82 Å². The zero-order valence-electron chi connectivity index (χ0n) is 12.1. The van der Waals surface area contributed by atoms with Gasteiger partial charge in [-0.25, -0.2) is 4.39 Å². The molecule has 0 radical (unpaired) electrons. The predicted molar refractivity (Wildman–Crippen MR) is 80.2 cm³/mol. The minimum atomic E-state index is -0.621. The van der Waals surface area contributed by atoms with E-state index in [-0.39, 0.29) is 11.4 Å². The molecule has 1 heterocycles. The number of fused-ring (bicyclic) bond motifs is 1. The lowest BCUT2D eigenvalue weighted by Crippen LogP contribution is -2.24. The van der Waals surface area contributed by atoms with Gasteiger partial charge in [0.2, 0.25) is 0 Å². The van der Waals surface area contributed by atoms with E-state index in [4.69, 9.17) is 9.84 Å². The average Bonchev–Trinajstić information content (AvgIpc) is 2.73. The van der Waals surface area contributed by atoms with Gasteiger partial charge in [-0.2, -0.15) is 0 Å². The lowest BCUT2D eigenvalue weighted by atomic mass is 10.0. The third-order valence-electron chi connectivity index (χ3n) is 3.57. The quantitative estimate of drug-likeness (QED) is 0.842. The minimum Gasteiger partial charge on any atom is -0.505 e. The van der Waals surface area contributed by atoms with Crippen LogP contribution in [0.15, 0.2) is 36.4 Å². The van der Waals surface area contributed by atoms with Gasteiger partial charge in [0.1, 0.15) is 11.4 Å². The number of hydrogen-bond donors (Lipinski definition) is 2. The molecule has 0 bridgehead atoms. The zero-order valence-corrected chi connectivity index (χ0v) is 12.1. The molecule has 1 aliphatic rings. The Morgan fingerprint density at radius 2 is 2.05 bits per heavy atom. The summed E-state index contributed by atoms with van der Waals surface area (Å²) in [6, 6.07) is 10.4. The molecule has 0 saturated heterocycles. The van der Waals surface area contributed by atoms with E-state index in [9.17, 15) is 4.39 Å². The first kappa shape index (κ1) is 13.7. The molecule has 3 nitrogen and oxygen atoms in total. The number of phenols is 1. The summed E-state index contributed by atoms with van der Waals surface area (Å²) in [4.78, 5) is 0. The predicted octanol–water partition coefficient (Wildman–Crippen LogP) is 3.86. The first-order chi connectivity index (χ1) is 9.93. The maximum atomic E-state index is 13.3. The van der Waals surface area contributed by atoms with Crippen molar-refractivity contribution in [1.29, 1.82) is 0 Å². The fourth-order valence-corrected chi connectivity index (χ4v) is 2.59. The van der Waals surface area contributed by atoms with E-state index >= 15 is 0 Å². The smallest absolute Gasteiger partial charge is 0.166 e. The lowest BCUT2D eigenvalue weighted by Gasteiger charge is -2.16. The minimum absolute atomic E-state index is 0.144. The fraction of sp³-hybridized carbons (Fsp3) is 0.294. The van der Waals surface area contributed by atoms with Gasteiger partial charge in [0.15, 0.2) is 11.6 Å². The monoisotopic (exact) mass is 287 g/mol. The Morgan fingerprint density at radius 1 is 1.24 bits per heavy atom. The van der Waals surface area contributed by atoms with Crippen molar-refractivity contribution in [3.8, 4) is 11.5 Å². The van der Waals surface area contributed by atoms with Crippen LogP contribution in [-0.2, 0) is 13.0 Å². The number of benzene rings is 2. The number of hydrogen-bond acceptors (Lipinski definition) is 3. The second-order valence-corrected chi connectivity index (χ2v) is 6.00. The van der Waals surface area contributed by atoms with Crippen molar-refractivity contribution in [2.45, 2.75) is 32.4 Å². The number of rotatable bonds is 3. The van der Waals surface area contributed by atoms with Crippen LogP contribution >= 0.6 is 0 Å². The molecule has 2 N–H and O–H groups in total. The third kappa shape index (κ3) is 2.94. The van der Waals surface area contributed by atoms with Crippen molar-refractivity contribution in [3.63, 3.8) is 0 Å². The molecule has 1 aliphatic heterocycles. The molecular formula is C17H18FNO2. The van der Waals surface area contributed by atoms with E-state index in [0.29, 0.717) is 12.2 Å². The summed E-state index contributed by atoms with van der Waals surface area (Å²) < 4.78 is 19.1. The van der Waals surface area contributed by atoms with Crippen molar-refractivity contribution >= 4 is 5.69 Å². The second kappa shape index (κ2) is 4.95. The molecular weight excluding hydrogens is 269 g/mol. The van der Waals surface area contributed by atoms with Gasteiger partial charge in [-0.1, -0.05) is 12.1 Å². The Morgan fingerprint density at radius 3 is 2.81 bits per heavy atom. The van der Waals surface area contributed by atoms with Crippen molar-refractivity contribution in [2.24, 2.45) is 0 Å². The van der Waals surface area contributed by atoms with Crippen LogP contribution in [0.2, 0.25) is 0 Å². The molecule has 0 saturated carbocycles. The van der Waals surface area contributed by atoms with E-state index in [0.717, 1.165) is 17.7 Å². The van der Waals surface area contributed by atoms with Gasteiger partial charge in [-0.05, 0) is 43.2 Å². The van der Waals surface area contributed by atoms with Crippen LogP contribution in [0.5, 0.6) is 11.5 Å². The standard InChI is InChI=1S/C17H18FNO2/c1-17(2)9-12-7-11(3-6-16(12)21-17)10-19-13-4-5-15(20)14(18)8-13/h3-8,19-20H,9-10H2,1-2H3. The summed E-state index contributed by atoms with van der Waals surface area (Å²) in [5.41, 5.74) is 2.82. The summed E-state index contributed by atoms with van der Waals surface area (Å²) >= 11 is 0. The topological polar surface area (TPSA) is 41.5 Å². The summed E-state index contributed by atoms with van der Waals surface area (Å²) in [7, 11) is 0. The van der Waals surface area contributed by atoms with Crippen LogP contribution < -0.4 is 10.1 Å². The Hall–Kier alpha value is -2.23. The number of halogens is 1. The third-order valence-corrected chi connectivity index (χ3v) is 3.57. The van der Waals surface area contributed by atoms with Crippen molar-refractivity contribution in [3.05, 3.63) is 53.3 Å². The number of phenolic OH excluding ortho intramolecular Hbond substituents is 1. The maximum absolute atomic E-state index is 13.3. The largest absolute Gasteiger partial charge is 0.505 e. The van der Waals surface area contributed by atoms with Gasteiger partial charge in [0.05, 0.1) is 0 Å². The number of ether oxygens (including phenoxy) is 1. The van der Waals surface area contributed by atoms with Gasteiger partial charge >= 0.3 is 0 Å². The molecule has 0 atom stereocenters. The first-order valence-corrected chi connectivity index (χ1v) is 6.96. The van der Waals surface area contributed by atoms with E-state index in [2.05, 4.69) is 25.2 Å². The van der Waals surface area contributed by atoms with Gasteiger partial charge in [0.25, 0.3) is 0 Å². The fourth-order valence-electron chi connectivity index (χ4n) is 2.59. The van der Waals surface area contributed by atoms with Gasteiger partial charge in [-0.3, -0.25) is 0 Å². The van der Waals surface area contributed by atoms with E-state index in [1.165, 1.54) is 17.7 Å². The summed E-state index contributed by atoms with van der Waals surface area (Å²) in [6.45, 7) is 4.74. The maximum Gasteiger partial charge on any atom is 0.166 e. The molecule has 0 aromatic heterocycles. The molecule has 21 heavy (non-hydrogen) atoms. The molecule has 4 heteroatoms. The average molecular weight is 287 g/mol. The SMILES string of the molecule is CC1(C)Cc2cc(CNc3ccc(O)c(F)c3)ccc2O1. The Kier molecular flexibility index (Phi) is 3.24. The highest BCUT2D eigenvalue weighted by Gasteiger charge is 2.29. The number of aromatic hydroxyl groups is 1. The second-order valence-electron chi connectivity index (χ2n) is 6.00. The molecule has 0 spiro atoms. The Balaban J connectivity index is 1.71. The van der Waals surface area contributed by atoms with Crippen LogP contribution in [0.4, 0.5) is 10.1 Å². The highest BCUT2D eigenvalue weighted by atomic mass is 19.1. The highest BCUT2D eigenvalue weighted by Crippen LogP contribution is 2.35. The Labute approximate surface area is 123 Å². The van der Waals surface area contributed by atoms with Gasteiger partial charge < -0.3 is 15.2 Å². The van der Waals surface area contributed by atoms with Crippen LogP contribution in [0.3, 0.4) is 0 Å². The molecule has 110 valence electrons. The van der Waals surface area contributed by atoms with E-state index in [1.54, 1.807) is 6.07 Å². The van der Waals surface area contributed by atoms with E-state index < -0.39 is 5.82 Å². The van der Waals surface area contributed by atoms with Gasteiger partial charge in [0, 0.05) is 24.7 Å². The molecule has 0 unspecified atom stereocenters. The number of nitrogens with one attached hydrogen (secondary N) is 1. The molecule has 2 aromatic carbocycles. The Bertz CT molecular complexity index is 682. The zero-order chi connectivity index (χ0) is 15.0. The normalized spacial score (nSPS) is 15.4. The highest BCUT2D eigenvalue weighted by molar-refractivity contribution is 5.48. The first-order valence-electron chi connectivity index (χ1n) is 6.96. The van der Waals surface area contributed by atoms with E-state index in [1.807, 2.05) is 12.1 Å². The van der Waals surface area contributed by atoms with Crippen molar-refractivity contribution < 1.29 is 14.2 Å². The summed E-state index contributed by atoms with van der Waals surface area (Å²) in [5.74, 6) is -0.0130. The van der Waals surface area contributed by atoms with Crippen LogP contribution in [0.25, 0.3) is 0 Å². The summed E-state index contributed by atoms with van der Waals surface area (Å²) in [6.07, 6.45) is 0.893. The molecule has 0 amide bonds. The van der Waals surface area contributed by atoms with Gasteiger partial charge in [-0.15, -0.1) is 0 Å². The number of anilines is 1. The molecule has 0 aliphatic carbocycles. The van der Waals surface area contributed by atoms with Crippen LogP contribution in [0.1, 0.15) is 25.0 Å². The molecule has 3 rings (SSSR count). The summed E-state index contributed by atoms with van der Waals surface area (Å²) in [5, 5.41) is 12.3. The van der Waals surface area contributed by atoms with Crippen molar-refractivity contribution in [2.75, 3.05) is 5.32 Å². The molecule has 0 fully saturated rings. The van der Waals surface area contributed by atoms with Crippen molar-refractivity contribution in [1.82, 2.24) is 0 Å². The van der Waals surface area contributed by atoms with Crippen LogP contribution in [-0.4, -0.2) is 10.7 Å².